The highest BCUT2D eigenvalue weighted by Crippen LogP contribution is 2.20. The van der Waals surface area contributed by atoms with Gasteiger partial charge in [-0.25, -0.2) is 17.5 Å². The number of halogens is 1. The van der Waals surface area contributed by atoms with Gasteiger partial charge >= 0.3 is 0 Å². The maximum Gasteiger partial charge on any atom is 0.240 e. The van der Waals surface area contributed by atoms with Gasteiger partial charge in [0, 0.05) is 18.5 Å². The van der Waals surface area contributed by atoms with Crippen LogP contribution in [0.5, 0.6) is 0 Å². The Balaban J connectivity index is 2.17. The van der Waals surface area contributed by atoms with Gasteiger partial charge in [0.05, 0.1) is 11.5 Å². The fraction of sp³-hybridized carbons (Fsp3) is 0.333. The summed E-state index contributed by atoms with van der Waals surface area (Å²) in [6.07, 6.45) is 1.39. The highest BCUT2D eigenvalue weighted by atomic mass is 32.2. The maximum atomic E-state index is 13.7. The van der Waals surface area contributed by atoms with Gasteiger partial charge in [0.25, 0.3) is 0 Å². The summed E-state index contributed by atoms with van der Waals surface area (Å²) in [6, 6.07) is 2.35. The average Bonchev–Trinajstić information content (AvgIpc) is 2.94. The third kappa shape index (κ3) is 3.63. The molecule has 0 unspecified atom stereocenters. The van der Waals surface area contributed by atoms with Crippen LogP contribution in [0, 0.1) is 12.7 Å². The maximum absolute atomic E-state index is 13.7. The first-order valence-electron chi connectivity index (χ1n) is 6.09. The van der Waals surface area contributed by atoms with E-state index >= 15 is 0 Å². The Bertz CT molecular complexity index is 716. The minimum absolute atomic E-state index is 0.000684. The molecule has 114 valence electrons. The molecule has 0 aliphatic carbocycles. The molecule has 0 saturated carbocycles. The third-order valence-electron chi connectivity index (χ3n) is 2.88. The summed E-state index contributed by atoms with van der Waals surface area (Å²) in [5, 5.41) is 12.6. The number of aliphatic hydroxyl groups is 1. The lowest BCUT2D eigenvalue weighted by atomic mass is 10.1. The average molecular weight is 315 g/mol. The molecule has 1 heterocycles. The molecule has 2 rings (SSSR count). The monoisotopic (exact) mass is 315 g/mol. The van der Waals surface area contributed by atoms with Crippen molar-refractivity contribution < 1.29 is 22.4 Å². The summed E-state index contributed by atoms with van der Waals surface area (Å²) in [5.41, 5.74) is 0.191. The molecule has 1 aromatic heterocycles. The Morgan fingerprint density at radius 3 is 2.81 bits per heavy atom. The highest BCUT2D eigenvalue weighted by Gasteiger charge is 2.20. The Labute approximate surface area is 120 Å². The molecule has 0 spiro atoms. The van der Waals surface area contributed by atoms with Crippen LogP contribution in [0.3, 0.4) is 0 Å². The van der Waals surface area contributed by atoms with Crippen molar-refractivity contribution in [2.75, 3.05) is 6.54 Å². The van der Waals surface area contributed by atoms with Gasteiger partial charge < -0.3 is 9.63 Å². The molecule has 0 aliphatic rings. The number of aromatic nitrogens is 2. The molecule has 7 nitrogen and oxygen atoms in total. The van der Waals surface area contributed by atoms with E-state index in [1.54, 1.807) is 0 Å². The van der Waals surface area contributed by atoms with Crippen LogP contribution in [-0.4, -0.2) is 30.2 Å². The first-order valence-corrected chi connectivity index (χ1v) is 7.57. The number of rotatable bonds is 6. The number of nitrogens with one attached hydrogen (secondary N) is 1. The molecule has 0 aliphatic heterocycles. The van der Waals surface area contributed by atoms with Crippen molar-refractivity contribution in [3.8, 4) is 0 Å². The second-order valence-electron chi connectivity index (χ2n) is 4.35. The molecule has 21 heavy (non-hydrogen) atoms. The van der Waals surface area contributed by atoms with Gasteiger partial charge in [-0.2, -0.15) is 4.98 Å². The second kappa shape index (κ2) is 6.29. The normalized spacial score (nSPS) is 11.8. The number of hydrogen-bond donors (Lipinski definition) is 2. The third-order valence-corrected chi connectivity index (χ3v) is 4.46. The molecule has 0 saturated heterocycles. The SMILES string of the molecule is Cc1c(F)cc(CO)cc1S(=O)(=O)NCCc1ncon1. The van der Waals surface area contributed by atoms with Gasteiger partial charge in [0.15, 0.2) is 5.82 Å². The van der Waals surface area contributed by atoms with Gasteiger partial charge in [0.2, 0.25) is 16.4 Å². The van der Waals surface area contributed by atoms with E-state index in [1.165, 1.54) is 13.0 Å². The molecule has 2 N–H and O–H groups in total. The highest BCUT2D eigenvalue weighted by molar-refractivity contribution is 7.89. The number of nitrogens with zero attached hydrogens (tertiary/aromatic N) is 2. The van der Waals surface area contributed by atoms with Crippen LogP contribution in [0.2, 0.25) is 0 Å². The van der Waals surface area contributed by atoms with E-state index in [4.69, 9.17) is 5.11 Å². The van der Waals surface area contributed by atoms with E-state index in [9.17, 15) is 12.8 Å². The summed E-state index contributed by atoms with van der Waals surface area (Å²) >= 11 is 0. The van der Waals surface area contributed by atoms with Crippen LogP contribution < -0.4 is 4.72 Å². The number of aliphatic hydroxyl groups excluding tert-OH is 1. The van der Waals surface area contributed by atoms with Crippen LogP contribution >= 0.6 is 0 Å². The van der Waals surface area contributed by atoms with Gasteiger partial charge in [0.1, 0.15) is 5.82 Å². The zero-order chi connectivity index (χ0) is 15.5. The van der Waals surface area contributed by atoms with E-state index in [0.29, 0.717) is 5.82 Å². The fourth-order valence-electron chi connectivity index (χ4n) is 1.75. The summed E-state index contributed by atoms with van der Waals surface area (Å²) < 4.78 is 44.9. The van der Waals surface area contributed by atoms with E-state index in [1.807, 2.05) is 0 Å². The van der Waals surface area contributed by atoms with Crippen LogP contribution in [0.1, 0.15) is 17.0 Å². The molecule has 9 heteroatoms. The summed E-state index contributed by atoms with van der Waals surface area (Å²) in [7, 11) is -3.89. The van der Waals surface area contributed by atoms with Crippen molar-refractivity contribution in [1.29, 1.82) is 0 Å². The molecular formula is C12H14FN3O4S. The van der Waals surface area contributed by atoms with Gasteiger partial charge in [-0.05, 0) is 24.6 Å². The Morgan fingerprint density at radius 1 is 1.43 bits per heavy atom. The van der Waals surface area contributed by atoms with Crippen LogP contribution in [0.4, 0.5) is 4.39 Å². The van der Waals surface area contributed by atoms with E-state index in [-0.39, 0.29) is 29.0 Å². The Morgan fingerprint density at radius 2 is 2.19 bits per heavy atom. The summed E-state index contributed by atoms with van der Waals surface area (Å²) in [5.74, 6) is -0.315. The minimum Gasteiger partial charge on any atom is -0.392 e. The summed E-state index contributed by atoms with van der Waals surface area (Å²) in [4.78, 5) is 3.57. The number of sulfonamides is 1. The fourth-order valence-corrected chi connectivity index (χ4v) is 3.09. The smallest absolute Gasteiger partial charge is 0.240 e. The van der Waals surface area contributed by atoms with Crippen molar-refractivity contribution in [2.24, 2.45) is 0 Å². The van der Waals surface area contributed by atoms with Crippen molar-refractivity contribution >= 4 is 10.0 Å². The minimum atomic E-state index is -3.89. The number of hydrogen-bond acceptors (Lipinski definition) is 6. The lowest BCUT2D eigenvalue weighted by molar-refractivity contribution is 0.281. The second-order valence-corrected chi connectivity index (χ2v) is 6.09. The van der Waals surface area contributed by atoms with Gasteiger partial charge in [-0.15, -0.1) is 0 Å². The standard InChI is InChI=1S/C12H14FN3O4S/c1-8-10(13)4-9(6-17)5-11(8)21(18,19)15-3-2-12-14-7-20-16-12/h4-5,7,15,17H,2-3,6H2,1H3. The Kier molecular flexibility index (Phi) is 4.66. The van der Waals surface area contributed by atoms with Crippen molar-refractivity contribution in [3.05, 3.63) is 41.3 Å². The lowest BCUT2D eigenvalue weighted by Gasteiger charge is -2.11. The van der Waals surface area contributed by atoms with E-state index in [0.717, 1.165) is 12.5 Å². The molecule has 0 bridgehead atoms. The predicted molar refractivity (Wildman–Crippen MR) is 70.3 cm³/mol. The zero-order valence-corrected chi connectivity index (χ0v) is 12.0. The predicted octanol–water partition coefficient (Wildman–Crippen LogP) is 0.530. The van der Waals surface area contributed by atoms with Crippen molar-refractivity contribution in [1.82, 2.24) is 14.9 Å². The summed E-state index contributed by atoms with van der Waals surface area (Å²) in [6.45, 7) is 0.971. The molecular weight excluding hydrogens is 301 g/mol. The molecule has 2 aromatic rings. The Hall–Kier alpha value is -1.84. The van der Waals surface area contributed by atoms with Crippen molar-refractivity contribution in [2.45, 2.75) is 24.8 Å². The van der Waals surface area contributed by atoms with Crippen molar-refractivity contribution in [3.63, 3.8) is 0 Å². The molecule has 0 fully saturated rings. The van der Waals surface area contributed by atoms with Gasteiger partial charge in [-0.1, -0.05) is 5.16 Å². The zero-order valence-electron chi connectivity index (χ0n) is 11.2. The largest absolute Gasteiger partial charge is 0.392 e. The first kappa shape index (κ1) is 15.5. The first-order chi connectivity index (χ1) is 9.94. The lowest BCUT2D eigenvalue weighted by Crippen LogP contribution is -2.27. The molecule has 0 amide bonds. The van der Waals surface area contributed by atoms with Crippen LogP contribution in [0.25, 0.3) is 0 Å². The van der Waals surface area contributed by atoms with E-state index < -0.39 is 22.4 Å². The van der Waals surface area contributed by atoms with Crippen LogP contribution in [0.15, 0.2) is 27.9 Å². The van der Waals surface area contributed by atoms with E-state index in [2.05, 4.69) is 19.4 Å². The molecule has 1 aromatic carbocycles. The topological polar surface area (TPSA) is 105 Å². The van der Waals surface area contributed by atoms with Crippen LogP contribution in [-0.2, 0) is 23.1 Å². The quantitative estimate of drug-likeness (QED) is 0.805. The molecule has 0 radical (unpaired) electrons. The number of benzene rings is 1. The van der Waals surface area contributed by atoms with Gasteiger partial charge in [-0.3, -0.25) is 0 Å². The molecule has 0 atom stereocenters.